The first-order valence-corrected chi connectivity index (χ1v) is 8.09. The maximum Gasteiger partial charge on any atom is 0.307 e. The largest absolute Gasteiger partial charge is 0.481 e. The minimum Gasteiger partial charge on any atom is -0.481 e. The molecule has 0 heterocycles. The number of rotatable bonds is 7. The van der Waals surface area contributed by atoms with Crippen molar-refractivity contribution in [1.29, 1.82) is 0 Å². The molecule has 1 atom stereocenters. The van der Waals surface area contributed by atoms with E-state index in [1.54, 1.807) is 0 Å². The van der Waals surface area contributed by atoms with Gasteiger partial charge in [-0.15, -0.1) is 0 Å². The zero-order valence-corrected chi connectivity index (χ0v) is 12.1. The minimum absolute atomic E-state index is 0.0103. The van der Waals surface area contributed by atoms with Crippen LogP contribution >= 0.6 is 0 Å². The van der Waals surface area contributed by atoms with Gasteiger partial charge in [-0.1, -0.05) is 44.2 Å². The lowest BCUT2D eigenvalue weighted by atomic mass is 10.0. The molecule has 0 fully saturated rings. The number of carboxylic acid groups (broad SMARTS) is 1. The molecule has 0 aliphatic carbocycles. The molecule has 1 unspecified atom stereocenters. The molecule has 0 bridgehead atoms. The van der Waals surface area contributed by atoms with Gasteiger partial charge in [-0.2, -0.15) is 0 Å². The van der Waals surface area contributed by atoms with Gasteiger partial charge in [0.25, 0.3) is 0 Å². The predicted molar refractivity (Wildman–Crippen MR) is 74.8 cm³/mol. The van der Waals surface area contributed by atoms with Crippen LogP contribution in [0.15, 0.2) is 30.3 Å². The predicted octanol–water partition coefficient (Wildman–Crippen LogP) is 2.00. The molecule has 0 aliphatic rings. The third kappa shape index (κ3) is 5.87. The fourth-order valence-corrected chi connectivity index (χ4v) is 4.02. The maximum absolute atomic E-state index is 11.9. The summed E-state index contributed by atoms with van der Waals surface area (Å²) in [6.07, 6.45) is 0.244. The van der Waals surface area contributed by atoms with Crippen LogP contribution in [0.25, 0.3) is 0 Å². The first kappa shape index (κ1) is 15.7. The van der Waals surface area contributed by atoms with E-state index in [0.717, 1.165) is 5.56 Å². The van der Waals surface area contributed by atoms with Gasteiger partial charge < -0.3 is 5.11 Å². The summed E-state index contributed by atoms with van der Waals surface area (Å²) in [6.45, 7) is 3.62. The van der Waals surface area contributed by atoms with Gasteiger partial charge in [0.2, 0.25) is 0 Å². The Bertz CT molecular complexity index is 506. The molecule has 0 aromatic heterocycles. The van der Waals surface area contributed by atoms with Crippen molar-refractivity contribution in [3.63, 3.8) is 0 Å². The lowest BCUT2D eigenvalue weighted by molar-refractivity contribution is -0.140. The van der Waals surface area contributed by atoms with Gasteiger partial charge in [0.1, 0.15) is 0 Å². The summed E-state index contributed by atoms with van der Waals surface area (Å²) in [4.78, 5) is 11.2. The van der Waals surface area contributed by atoms with Gasteiger partial charge in [0.05, 0.1) is 17.4 Å². The number of carbonyl (C=O) groups is 1. The quantitative estimate of drug-likeness (QED) is 0.831. The van der Waals surface area contributed by atoms with Crippen molar-refractivity contribution in [2.45, 2.75) is 20.3 Å². The van der Waals surface area contributed by atoms with Crippen molar-refractivity contribution in [3.05, 3.63) is 35.9 Å². The van der Waals surface area contributed by atoms with Crippen LogP contribution in [0.3, 0.4) is 0 Å². The summed E-state index contributed by atoms with van der Waals surface area (Å²) >= 11 is 0. The summed E-state index contributed by atoms with van der Waals surface area (Å²) < 4.78 is 23.8. The molecule has 19 heavy (non-hydrogen) atoms. The van der Waals surface area contributed by atoms with Crippen molar-refractivity contribution in [2.75, 3.05) is 11.5 Å². The van der Waals surface area contributed by atoms with Crippen LogP contribution in [-0.2, 0) is 21.1 Å². The number of sulfone groups is 1. The van der Waals surface area contributed by atoms with E-state index in [0.29, 0.717) is 0 Å². The van der Waals surface area contributed by atoms with E-state index >= 15 is 0 Å². The average molecular weight is 284 g/mol. The molecule has 0 spiro atoms. The van der Waals surface area contributed by atoms with Gasteiger partial charge in [0.15, 0.2) is 9.84 Å². The molecular weight excluding hydrogens is 264 g/mol. The second-order valence-corrected chi connectivity index (χ2v) is 7.35. The van der Waals surface area contributed by atoms with Gasteiger partial charge in [0, 0.05) is 0 Å². The third-order valence-corrected chi connectivity index (χ3v) is 4.80. The Morgan fingerprint density at radius 3 is 2.21 bits per heavy atom. The average Bonchev–Trinajstić information content (AvgIpc) is 2.27. The van der Waals surface area contributed by atoms with Crippen LogP contribution in [0.2, 0.25) is 0 Å². The second kappa shape index (κ2) is 6.70. The fourth-order valence-electron chi connectivity index (χ4n) is 2.00. The summed E-state index contributed by atoms with van der Waals surface area (Å²) in [7, 11) is -3.33. The fraction of sp³-hybridized carbons (Fsp3) is 0.500. The summed E-state index contributed by atoms with van der Waals surface area (Å²) in [6, 6.07) is 9.10. The number of hydrogen-bond donors (Lipinski definition) is 1. The van der Waals surface area contributed by atoms with Gasteiger partial charge in [-0.25, -0.2) is 8.42 Å². The van der Waals surface area contributed by atoms with E-state index in [1.165, 1.54) is 0 Å². The van der Waals surface area contributed by atoms with E-state index in [9.17, 15) is 13.2 Å². The molecule has 0 saturated heterocycles. The molecule has 5 heteroatoms. The maximum atomic E-state index is 11.9. The van der Waals surface area contributed by atoms with Gasteiger partial charge in [-0.05, 0) is 17.9 Å². The topological polar surface area (TPSA) is 71.4 Å². The Morgan fingerprint density at radius 2 is 1.74 bits per heavy atom. The molecular formula is C14H20O4S. The zero-order chi connectivity index (χ0) is 14.5. The monoisotopic (exact) mass is 284 g/mol. The molecule has 1 aromatic rings. The normalized spacial score (nSPS) is 13.4. The number of hydrogen-bond acceptors (Lipinski definition) is 3. The van der Waals surface area contributed by atoms with Crippen molar-refractivity contribution in [1.82, 2.24) is 0 Å². The highest BCUT2D eigenvalue weighted by atomic mass is 32.2. The van der Waals surface area contributed by atoms with Crippen LogP contribution in [0.5, 0.6) is 0 Å². The van der Waals surface area contributed by atoms with E-state index in [1.807, 2.05) is 44.2 Å². The third-order valence-electron chi connectivity index (χ3n) is 2.72. The lowest BCUT2D eigenvalue weighted by Gasteiger charge is -2.14. The van der Waals surface area contributed by atoms with Crippen molar-refractivity contribution in [2.24, 2.45) is 11.8 Å². The summed E-state index contributed by atoms with van der Waals surface area (Å²) in [5.74, 6) is -2.19. The van der Waals surface area contributed by atoms with Gasteiger partial charge in [-0.3, -0.25) is 4.79 Å². The smallest absolute Gasteiger partial charge is 0.307 e. The standard InChI is InChI=1S/C14H20O4S/c1-11(2)9-19(17,18)10-13(14(15)16)8-12-6-4-3-5-7-12/h3-7,11,13H,8-10H2,1-2H3,(H,15,16). The Labute approximate surface area is 114 Å². The zero-order valence-electron chi connectivity index (χ0n) is 11.2. The van der Waals surface area contributed by atoms with Crippen LogP contribution < -0.4 is 0 Å². The van der Waals surface area contributed by atoms with Crippen LogP contribution in [-0.4, -0.2) is 31.0 Å². The van der Waals surface area contributed by atoms with E-state index in [-0.39, 0.29) is 23.8 Å². The first-order valence-electron chi connectivity index (χ1n) is 6.27. The minimum atomic E-state index is -3.33. The highest BCUT2D eigenvalue weighted by Gasteiger charge is 2.26. The lowest BCUT2D eigenvalue weighted by Crippen LogP contribution is -2.28. The Morgan fingerprint density at radius 1 is 1.16 bits per heavy atom. The highest BCUT2D eigenvalue weighted by Crippen LogP contribution is 2.13. The molecule has 0 saturated carbocycles. The second-order valence-electron chi connectivity index (χ2n) is 5.20. The molecule has 1 rings (SSSR count). The molecule has 1 N–H and O–H groups in total. The highest BCUT2D eigenvalue weighted by molar-refractivity contribution is 7.91. The molecule has 0 aliphatic heterocycles. The van der Waals surface area contributed by atoms with E-state index in [2.05, 4.69) is 0 Å². The number of benzene rings is 1. The number of carboxylic acids is 1. The van der Waals surface area contributed by atoms with Crippen molar-refractivity contribution >= 4 is 15.8 Å². The Kier molecular flexibility index (Phi) is 5.54. The first-order chi connectivity index (χ1) is 8.80. The molecule has 106 valence electrons. The van der Waals surface area contributed by atoms with Crippen LogP contribution in [0.1, 0.15) is 19.4 Å². The van der Waals surface area contributed by atoms with Crippen LogP contribution in [0, 0.1) is 11.8 Å². The molecule has 1 aromatic carbocycles. The van der Waals surface area contributed by atoms with Gasteiger partial charge >= 0.3 is 5.97 Å². The molecule has 4 nitrogen and oxygen atoms in total. The Hall–Kier alpha value is -1.36. The summed E-state index contributed by atoms with van der Waals surface area (Å²) in [5, 5.41) is 9.17. The van der Waals surface area contributed by atoms with E-state index < -0.39 is 21.7 Å². The molecule has 0 radical (unpaired) electrons. The van der Waals surface area contributed by atoms with Crippen molar-refractivity contribution in [3.8, 4) is 0 Å². The molecule has 0 amide bonds. The Balaban J connectivity index is 2.77. The van der Waals surface area contributed by atoms with Crippen LogP contribution in [0.4, 0.5) is 0 Å². The van der Waals surface area contributed by atoms with Crippen molar-refractivity contribution < 1.29 is 18.3 Å². The van der Waals surface area contributed by atoms with E-state index in [4.69, 9.17) is 5.11 Å². The SMILES string of the molecule is CC(C)CS(=O)(=O)CC(Cc1ccccc1)C(=O)O. The summed E-state index contributed by atoms with van der Waals surface area (Å²) in [5.41, 5.74) is 0.842. The number of aliphatic carboxylic acids is 1.